The van der Waals surface area contributed by atoms with Crippen molar-refractivity contribution in [2.75, 3.05) is 0 Å². The van der Waals surface area contributed by atoms with Gasteiger partial charge in [0.25, 0.3) is 0 Å². The van der Waals surface area contributed by atoms with E-state index < -0.39 is 11.4 Å². The van der Waals surface area contributed by atoms with Gasteiger partial charge in [-0.2, -0.15) is 0 Å². The van der Waals surface area contributed by atoms with E-state index in [-0.39, 0.29) is 5.91 Å². The van der Waals surface area contributed by atoms with Gasteiger partial charge in [-0.1, -0.05) is 6.92 Å². The summed E-state index contributed by atoms with van der Waals surface area (Å²) in [6, 6.07) is 3.77. The lowest BCUT2D eigenvalue weighted by Crippen LogP contribution is -2.56. The summed E-state index contributed by atoms with van der Waals surface area (Å²) in [5.74, 6) is -0.736. The molecule has 0 spiro atoms. The van der Waals surface area contributed by atoms with Crippen molar-refractivity contribution in [1.82, 2.24) is 10.3 Å². The molecular weight excluding hydrogens is 230 g/mol. The molecule has 1 rings (SSSR count). The number of carbonyl (C=O) groups excluding carboxylic acids is 2. The minimum atomic E-state index is -0.963. The molecule has 0 saturated carbocycles. The highest BCUT2D eigenvalue weighted by Crippen LogP contribution is 2.18. The number of aromatic nitrogens is 1. The van der Waals surface area contributed by atoms with Crippen LogP contribution >= 0.6 is 0 Å². The van der Waals surface area contributed by atoms with Gasteiger partial charge in [0.1, 0.15) is 5.54 Å². The normalized spacial score (nSPS) is 13.7. The van der Waals surface area contributed by atoms with Crippen LogP contribution in [-0.4, -0.2) is 22.3 Å². The molecule has 0 aliphatic heterocycles. The molecule has 0 fully saturated rings. The molecule has 1 aromatic heterocycles. The first-order valence-corrected chi connectivity index (χ1v) is 5.98. The minimum Gasteiger partial charge on any atom is -0.368 e. The highest BCUT2D eigenvalue weighted by Gasteiger charge is 2.34. The van der Waals surface area contributed by atoms with Gasteiger partial charge in [0.05, 0.1) is 0 Å². The Morgan fingerprint density at radius 1 is 1.39 bits per heavy atom. The quantitative estimate of drug-likeness (QED) is 0.781. The van der Waals surface area contributed by atoms with Crippen LogP contribution in [0.1, 0.15) is 32.3 Å². The number of nitrogens with two attached hydrogens (primary N) is 1. The third kappa shape index (κ3) is 3.55. The maximum Gasteiger partial charge on any atom is 0.243 e. The highest BCUT2D eigenvalue weighted by molar-refractivity contribution is 5.89. The number of carbonyl (C=O) groups is 2. The molecule has 0 aliphatic rings. The number of nitrogens with zero attached hydrogens (tertiary/aromatic N) is 1. The third-order valence-electron chi connectivity index (χ3n) is 3.08. The first-order chi connectivity index (χ1) is 8.50. The molecule has 1 heterocycles. The van der Waals surface area contributed by atoms with Crippen molar-refractivity contribution in [1.29, 1.82) is 0 Å². The van der Waals surface area contributed by atoms with Crippen LogP contribution in [0, 0.1) is 0 Å². The average Bonchev–Trinajstić information content (AvgIpc) is 2.35. The molecule has 1 aromatic rings. The first-order valence-electron chi connectivity index (χ1n) is 5.98. The van der Waals surface area contributed by atoms with Crippen molar-refractivity contribution in [3.63, 3.8) is 0 Å². The molecule has 3 N–H and O–H groups in total. The van der Waals surface area contributed by atoms with Crippen LogP contribution < -0.4 is 11.1 Å². The molecule has 0 aromatic carbocycles. The van der Waals surface area contributed by atoms with Gasteiger partial charge >= 0.3 is 0 Å². The van der Waals surface area contributed by atoms with Gasteiger partial charge in [0, 0.05) is 19.3 Å². The predicted molar refractivity (Wildman–Crippen MR) is 68.6 cm³/mol. The second-order valence-corrected chi connectivity index (χ2v) is 4.34. The number of primary amides is 1. The van der Waals surface area contributed by atoms with E-state index in [1.54, 1.807) is 12.4 Å². The number of hydrogen-bond acceptors (Lipinski definition) is 3. The van der Waals surface area contributed by atoms with E-state index in [4.69, 9.17) is 5.73 Å². The van der Waals surface area contributed by atoms with Crippen LogP contribution in [0.4, 0.5) is 0 Å². The summed E-state index contributed by atoms with van der Waals surface area (Å²) in [5, 5.41) is 2.68. The Bertz CT molecular complexity index is 420. The monoisotopic (exact) mass is 249 g/mol. The van der Waals surface area contributed by atoms with Crippen molar-refractivity contribution < 1.29 is 9.59 Å². The molecule has 18 heavy (non-hydrogen) atoms. The summed E-state index contributed by atoms with van der Waals surface area (Å²) < 4.78 is 0. The van der Waals surface area contributed by atoms with Gasteiger partial charge in [-0.05, 0) is 37.0 Å². The zero-order chi connectivity index (χ0) is 13.6. The van der Waals surface area contributed by atoms with E-state index in [9.17, 15) is 9.59 Å². The van der Waals surface area contributed by atoms with Gasteiger partial charge in [-0.25, -0.2) is 0 Å². The third-order valence-corrected chi connectivity index (χ3v) is 3.08. The lowest BCUT2D eigenvalue weighted by molar-refractivity contribution is -0.131. The molecule has 2 amide bonds. The first kappa shape index (κ1) is 14.2. The van der Waals surface area contributed by atoms with Gasteiger partial charge < -0.3 is 11.1 Å². The van der Waals surface area contributed by atoms with E-state index in [2.05, 4.69) is 10.3 Å². The fourth-order valence-electron chi connectivity index (χ4n) is 1.93. The largest absolute Gasteiger partial charge is 0.368 e. The molecule has 1 atom stereocenters. The van der Waals surface area contributed by atoms with Gasteiger partial charge in [-0.15, -0.1) is 0 Å². The van der Waals surface area contributed by atoms with E-state index in [1.165, 1.54) is 6.92 Å². The van der Waals surface area contributed by atoms with Crippen molar-refractivity contribution >= 4 is 11.8 Å². The van der Waals surface area contributed by atoms with Crippen LogP contribution in [-0.2, 0) is 16.0 Å². The smallest absolute Gasteiger partial charge is 0.243 e. The number of rotatable bonds is 6. The Labute approximate surface area is 107 Å². The molecular formula is C13H19N3O2. The van der Waals surface area contributed by atoms with Crippen LogP contribution in [0.25, 0.3) is 0 Å². The number of amides is 2. The summed E-state index contributed by atoms with van der Waals surface area (Å²) in [4.78, 5) is 26.7. The Morgan fingerprint density at radius 3 is 2.44 bits per heavy atom. The summed E-state index contributed by atoms with van der Waals surface area (Å²) in [5.41, 5.74) is 5.53. The van der Waals surface area contributed by atoms with Crippen molar-refractivity contribution in [3.8, 4) is 0 Å². The van der Waals surface area contributed by atoms with Crippen LogP contribution in [0.2, 0.25) is 0 Å². The Morgan fingerprint density at radius 2 is 2.00 bits per heavy atom. The maximum atomic E-state index is 11.6. The van der Waals surface area contributed by atoms with E-state index in [0.717, 1.165) is 5.56 Å². The SMILES string of the molecule is CCC(CCc1ccncc1)(NC(C)=O)C(N)=O. The average molecular weight is 249 g/mol. The standard InChI is InChI=1S/C13H19N3O2/c1-3-13(12(14)18,16-10(2)17)7-4-11-5-8-15-9-6-11/h5-6,8-9H,3-4,7H2,1-2H3,(H2,14,18)(H,16,17). The van der Waals surface area contributed by atoms with Crippen LogP contribution in [0.15, 0.2) is 24.5 Å². The lowest BCUT2D eigenvalue weighted by atomic mass is 9.88. The van der Waals surface area contributed by atoms with Gasteiger partial charge in [0.15, 0.2) is 0 Å². The zero-order valence-electron chi connectivity index (χ0n) is 10.8. The Balaban J connectivity index is 2.78. The summed E-state index contributed by atoms with van der Waals surface area (Å²) in [6.45, 7) is 3.23. The molecule has 0 aliphatic carbocycles. The molecule has 0 bridgehead atoms. The summed E-state index contributed by atoms with van der Waals surface area (Å²) in [7, 11) is 0. The zero-order valence-corrected chi connectivity index (χ0v) is 10.8. The number of pyridine rings is 1. The van der Waals surface area contributed by atoms with Crippen LogP contribution in [0.5, 0.6) is 0 Å². The lowest BCUT2D eigenvalue weighted by Gasteiger charge is -2.30. The fourth-order valence-corrected chi connectivity index (χ4v) is 1.93. The molecule has 0 saturated heterocycles. The minimum absolute atomic E-state index is 0.245. The summed E-state index contributed by atoms with van der Waals surface area (Å²) >= 11 is 0. The van der Waals surface area contributed by atoms with E-state index in [1.807, 2.05) is 19.1 Å². The topological polar surface area (TPSA) is 85.1 Å². The van der Waals surface area contributed by atoms with Gasteiger partial charge in [-0.3, -0.25) is 14.6 Å². The Hall–Kier alpha value is -1.91. The molecule has 1 unspecified atom stereocenters. The number of nitrogens with one attached hydrogen (secondary N) is 1. The maximum absolute atomic E-state index is 11.6. The highest BCUT2D eigenvalue weighted by atomic mass is 16.2. The predicted octanol–water partition coefficient (Wildman–Crippen LogP) is 0.784. The number of aryl methyl sites for hydroxylation is 1. The molecule has 98 valence electrons. The van der Waals surface area contributed by atoms with E-state index in [0.29, 0.717) is 19.3 Å². The van der Waals surface area contributed by atoms with Crippen molar-refractivity contribution in [3.05, 3.63) is 30.1 Å². The second-order valence-electron chi connectivity index (χ2n) is 4.34. The fraction of sp³-hybridized carbons (Fsp3) is 0.462. The molecule has 5 heteroatoms. The molecule has 5 nitrogen and oxygen atoms in total. The Kier molecular flexibility index (Phi) is 4.83. The molecule has 0 radical (unpaired) electrons. The summed E-state index contributed by atoms with van der Waals surface area (Å²) in [6.07, 6.45) is 5.03. The van der Waals surface area contributed by atoms with E-state index >= 15 is 0 Å². The van der Waals surface area contributed by atoms with Crippen molar-refractivity contribution in [2.24, 2.45) is 5.73 Å². The second kappa shape index (κ2) is 6.14. The van der Waals surface area contributed by atoms with Crippen LogP contribution in [0.3, 0.4) is 0 Å². The number of hydrogen-bond donors (Lipinski definition) is 2. The van der Waals surface area contributed by atoms with Gasteiger partial charge in [0.2, 0.25) is 11.8 Å². The van der Waals surface area contributed by atoms with Crippen molar-refractivity contribution in [2.45, 2.75) is 38.6 Å².